The van der Waals surface area contributed by atoms with Crippen LogP contribution in [0.3, 0.4) is 0 Å². The number of H-pyrrole nitrogens is 1. The Hall–Kier alpha value is -2.63. The highest BCUT2D eigenvalue weighted by Crippen LogP contribution is 2.30. The predicted molar refractivity (Wildman–Crippen MR) is 93.3 cm³/mol. The summed E-state index contributed by atoms with van der Waals surface area (Å²) in [5, 5.41) is 0.684. The van der Waals surface area contributed by atoms with E-state index in [4.69, 9.17) is 27.6 Å². The summed E-state index contributed by atoms with van der Waals surface area (Å²) in [7, 11) is 0. The first-order valence-electron chi connectivity index (χ1n) is 7.03. The van der Waals surface area contributed by atoms with E-state index in [9.17, 15) is 4.79 Å². The molecule has 2 aromatic heterocycles. The van der Waals surface area contributed by atoms with Crippen LogP contribution in [0.4, 0.5) is 0 Å². The summed E-state index contributed by atoms with van der Waals surface area (Å²) in [6.07, 6.45) is 0. The molecule has 0 spiro atoms. The Bertz CT molecular complexity index is 1120. The van der Waals surface area contributed by atoms with Crippen molar-refractivity contribution in [2.45, 2.75) is 0 Å². The van der Waals surface area contributed by atoms with Crippen molar-refractivity contribution in [3.8, 4) is 22.5 Å². The zero-order valence-electron chi connectivity index (χ0n) is 12.1. The lowest BCUT2D eigenvalue weighted by molar-refractivity contribution is 0.555. The lowest BCUT2D eigenvalue weighted by Gasteiger charge is -2.07. The second-order valence-electron chi connectivity index (χ2n) is 5.11. The molecule has 0 atom stereocenters. The summed E-state index contributed by atoms with van der Waals surface area (Å²) in [4.78, 5) is 22.4. The summed E-state index contributed by atoms with van der Waals surface area (Å²) < 4.78 is 5.09. The molecule has 1 N–H and O–H groups in total. The summed E-state index contributed by atoms with van der Waals surface area (Å²) in [6.45, 7) is 0. The van der Waals surface area contributed by atoms with Crippen molar-refractivity contribution in [2.75, 3.05) is 0 Å². The Morgan fingerprint density at radius 2 is 1.75 bits per heavy atom. The number of nitrogens with zero attached hydrogens (tertiary/aromatic N) is 2. The maximum atomic E-state index is 11.3. The predicted octanol–water partition coefficient (Wildman–Crippen LogP) is 4.55. The van der Waals surface area contributed by atoms with Gasteiger partial charge in [0.15, 0.2) is 5.58 Å². The van der Waals surface area contributed by atoms with E-state index in [0.29, 0.717) is 27.5 Å². The van der Waals surface area contributed by atoms with E-state index in [1.54, 1.807) is 24.3 Å². The maximum Gasteiger partial charge on any atom is 0.417 e. The highest BCUT2D eigenvalue weighted by Gasteiger charge is 2.11. The van der Waals surface area contributed by atoms with Crippen LogP contribution in [0.5, 0.6) is 0 Å². The molecule has 0 radical (unpaired) electrons. The molecule has 0 saturated heterocycles. The first kappa shape index (κ1) is 14.9. The third kappa shape index (κ3) is 2.68. The van der Waals surface area contributed by atoms with Crippen LogP contribution >= 0.6 is 23.2 Å². The molecule has 2 aromatic carbocycles. The van der Waals surface area contributed by atoms with Crippen LogP contribution in [-0.4, -0.2) is 15.0 Å². The van der Waals surface area contributed by atoms with Gasteiger partial charge >= 0.3 is 5.76 Å². The zero-order chi connectivity index (χ0) is 16.7. The Balaban J connectivity index is 1.88. The molecule has 2 heterocycles. The molecule has 24 heavy (non-hydrogen) atoms. The molecule has 5 nitrogen and oxygen atoms in total. The molecule has 118 valence electrons. The van der Waals surface area contributed by atoms with Crippen molar-refractivity contribution in [1.82, 2.24) is 15.0 Å². The molecule has 0 aliphatic heterocycles. The summed E-state index contributed by atoms with van der Waals surface area (Å²) in [5.74, 6) is -0.500. The molecule has 0 bridgehead atoms. The minimum absolute atomic E-state index is 0.109. The van der Waals surface area contributed by atoms with Gasteiger partial charge in [-0.1, -0.05) is 35.9 Å². The van der Waals surface area contributed by atoms with Gasteiger partial charge in [0.25, 0.3) is 0 Å². The van der Waals surface area contributed by atoms with Crippen molar-refractivity contribution >= 4 is 34.3 Å². The first-order valence-corrected chi connectivity index (χ1v) is 7.78. The third-order valence-corrected chi connectivity index (χ3v) is 4.06. The Labute approximate surface area is 145 Å². The second-order valence-corrected chi connectivity index (χ2v) is 5.86. The fraction of sp³-hybridized carbons (Fsp3) is 0. The molecule has 0 saturated carbocycles. The molecule has 0 fully saturated rings. The number of aromatic amines is 1. The van der Waals surface area contributed by atoms with Crippen molar-refractivity contribution in [2.24, 2.45) is 0 Å². The van der Waals surface area contributed by atoms with Crippen LogP contribution in [0.25, 0.3) is 33.6 Å². The molecule has 4 aromatic rings. The highest BCUT2D eigenvalue weighted by molar-refractivity contribution is 6.33. The molecule has 0 aliphatic carbocycles. The summed E-state index contributed by atoms with van der Waals surface area (Å²) in [6, 6.07) is 14.5. The second kappa shape index (κ2) is 5.78. The van der Waals surface area contributed by atoms with Crippen LogP contribution in [0.1, 0.15) is 0 Å². The van der Waals surface area contributed by atoms with E-state index >= 15 is 0 Å². The van der Waals surface area contributed by atoms with E-state index in [1.165, 1.54) is 0 Å². The number of benzene rings is 2. The van der Waals surface area contributed by atoms with Gasteiger partial charge in [0.1, 0.15) is 0 Å². The molecule has 0 aliphatic rings. The van der Waals surface area contributed by atoms with Crippen molar-refractivity contribution in [3.05, 3.63) is 69.4 Å². The number of aromatic nitrogens is 3. The van der Waals surface area contributed by atoms with Crippen LogP contribution in [0.15, 0.2) is 57.7 Å². The van der Waals surface area contributed by atoms with Gasteiger partial charge in [-0.15, -0.1) is 0 Å². The van der Waals surface area contributed by atoms with Gasteiger partial charge in [0.2, 0.25) is 5.28 Å². The zero-order valence-corrected chi connectivity index (χ0v) is 13.6. The lowest BCUT2D eigenvalue weighted by atomic mass is 10.1. The van der Waals surface area contributed by atoms with E-state index < -0.39 is 5.76 Å². The minimum Gasteiger partial charge on any atom is -0.408 e. The first-order chi connectivity index (χ1) is 11.6. The number of nitrogens with one attached hydrogen (secondary N) is 1. The SMILES string of the molecule is O=c1[nH]c2ccc(-c3cc(-c4ccccc4Cl)nc(Cl)n3)cc2o1. The van der Waals surface area contributed by atoms with E-state index in [1.807, 2.05) is 24.3 Å². The topological polar surface area (TPSA) is 71.8 Å². The van der Waals surface area contributed by atoms with Crippen molar-refractivity contribution in [1.29, 1.82) is 0 Å². The Kier molecular flexibility index (Phi) is 3.59. The Morgan fingerprint density at radius 1 is 0.958 bits per heavy atom. The van der Waals surface area contributed by atoms with Gasteiger partial charge in [-0.2, -0.15) is 0 Å². The Morgan fingerprint density at radius 3 is 2.58 bits per heavy atom. The lowest BCUT2D eigenvalue weighted by Crippen LogP contribution is -1.92. The van der Waals surface area contributed by atoms with E-state index in [0.717, 1.165) is 11.1 Å². The van der Waals surface area contributed by atoms with E-state index in [-0.39, 0.29) is 5.28 Å². The van der Waals surface area contributed by atoms with Gasteiger partial charge in [0, 0.05) is 16.1 Å². The van der Waals surface area contributed by atoms with Gasteiger partial charge in [-0.3, -0.25) is 4.98 Å². The molecular formula is C17H9Cl2N3O2. The highest BCUT2D eigenvalue weighted by atomic mass is 35.5. The third-order valence-electron chi connectivity index (χ3n) is 3.57. The van der Waals surface area contributed by atoms with Crippen LogP contribution in [-0.2, 0) is 0 Å². The molecule has 4 rings (SSSR count). The number of hydrogen-bond acceptors (Lipinski definition) is 4. The number of fused-ring (bicyclic) bond motifs is 1. The largest absolute Gasteiger partial charge is 0.417 e. The minimum atomic E-state index is -0.500. The fourth-order valence-electron chi connectivity index (χ4n) is 2.48. The van der Waals surface area contributed by atoms with Crippen LogP contribution in [0.2, 0.25) is 10.3 Å². The summed E-state index contributed by atoms with van der Waals surface area (Å²) in [5.41, 5.74) is 3.81. The van der Waals surface area contributed by atoms with E-state index in [2.05, 4.69) is 15.0 Å². The number of rotatable bonds is 2. The molecule has 0 unspecified atom stereocenters. The van der Waals surface area contributed by atoms with Crippen molar-refractivity contribution < 1.29 is 4.42 Å². The van der Waals surface area contributed by atoms with Crippen LogP contribution < -0.4 is 5.76 Å². The van der Waals surface area contributed by atoms with Gasteiger partial charge in [-0.25, -0.2) is 14.8 Å². The normalized spacial score (nSPS) is 11.1. The average molecular weight is 358 g/mol. The van der Waals surface area contributed by atoms with Gasteiger partial charge in [-0.05, 0) is 35.9 Å². The van der Waals surface area contributed by atoms with Gasteiger partial charge < -0.3 is 4.42 Å². The molecule has 7 heteroatoms. The fourth-order valence-corrected chi connectivity index (χ4v) is 2.89. The smallest absolute Gasteiger partial charge is 0.408 e. The monoisotopic (exact) mass is 357 g/mol. The number of halogens is 2. The molecular weight excluding hydrogens is 349 g/mol. The molecule has 0 amide bonds. The number of hydrogen-bond donors (Lipinski definition) is 1. The number of oxazole rings is 1. The summed E-state index contributed by atoms with van der Waals surface area (Å²) >= 11 is 12.3. The van der Waals surface area contributed by atoms with Crippen molar-refractivity contribution in [3.63, 3.8) is 0 Å². The standard InChI is InChI=1S/C17H9Cl2N3O2/c18-11-4-2-1-3-10(11)14-8-13(20-16(19)21-14)9-5-6-12-15(7-9)24-17(23)22-12/h1-8H,(H,22,23). The quantitative estimate of drug-likeness (QED) is 0.534. The average Bonchev–Trinajstić information content (AvgIpc) is 2.93. The van der Waals surface area contributed by atoms with Gasteiger partial charge in [0.05, 0.1) is 16.9 Å². The maximum absolute atomic E-state index is 11.3. The van der Waals surface area contributed by atoms with Crippen LogP contribution in [0, 0.1) is 0 Å².